The molecule has 7 heteroatoms. The van der Waals surface area contributed by atoms with Gasteiger partial charge in [-0.2, -0.15) is 5.10 Å². The number of nitrogens with zero attached hydrogens (tertiary/aromatic N) is 2. The van der Waals surface area contributed by atoms with E-state index in [1.165, 1.54) is 10.9 Å². The van der Waals surface area contributed by atoms with E-state index in [0.717, 1.165) is 0 Å². The predicted molar refractivity (Wildman–Crippen MR) is 35.6 cm³/mol. The number of hydrogen-bond donors (Lipinski definition) is 1. The molecule has 1 aromatic heterocycles. The molecule has 0 unspecified atom stereocenters. The van der Waals surface area contributed by atoms with Gasteiger partial charge in [-0.15, -0.1) is 0 Å². The molecule has 0 aliphatic rings. The SMILES string of the molecule is Cn1cc(N[S-](=O)=O)cn1.[Na+]. The summed E-state index contributed by atoms with van der Waals surface area (Å²) in [6.07, 6.45) is 2.99. The third-order valence-corrected chi connectivity index (χ3v) is 1.31. The van der Waals surface area contributed by atoms with Gasteiger partial charge in [-0.05, 0) is 0 Å². The third-order valence-electron chi connectivity index (χ3n) is 0.906. The van der Waals surface area contributed by atoms with Crippen molar-refractivity contribution < 1.29 is 38.0 Å². The summed E-state index contributed by atoms with van der Waals surface area (Å²) in [6, 6.07) is 0. The maximum absolute atomic E-state index is 10.0. The van der Waals surface area contributed by atoms with E-state index in [4.69, 9.17) is 0 Å². The summed E-state index contributed by atoms with van der Waals surface area (Å²) >= 11 is 0. The van der Waals surface area contributed by atoms with Crippen LogP contribution in [0.3, 0.4) is 0 Å². The van der Waals surface area contributed by atoms with Crippen molar-refractivity contribution in [1.29, 1.82) is 0 Å². The van der Waals surface area contributed by atoms with E-state index in [2.05, 4.69) is 9.82 Å². The Morgan fingerprint density at radius 3 is 2.64 bits per heavy atom. The second-order valence-corrected chi connectivity index (χ2v) is 2.41. The summed E-state index contributed by atoms with van der Waals surface area (Å²) < 4.78 is 23.7. The number of nitrogens with one attached hydrogen (secondary N) is 1. The van der Waals surface area contributed by atoms with Crippen molar-refractivity contribution in [1.82, 2.24) is 9.78 Å². The van der Waals surface area contributed by atoms with Crippen molar-refractivity contribution in [2.45, 2.75) is 0 Å². The molecule has 1 N–H and O–H groups in total. The van der Waals surface area contributed by atoms with Crippen LogP contribution in [0, 0.1) is 0 Å². The van der Waals surface area contributed by atoms with Crippen molar-refractivity contribution in [2.75, 3.05) is 4.72 Å². The molecule has 0 spiro atoms. The third kappa shape index (κ3) is 3.76. The van der Waals surface area contributed by atoms with E-state index in [-0.39, 0.29) is 29.6 Å². The maximum atomic E-state index is 10.0. The first-order chi connectivity index (χ1) is 4.68. The summed E-state index contributed by atoms with van der Waals surface area (Å²) in [4.78, 5) is 0. The molecule has 0 saturated carbocycles. The van der Waals surface area contributed by atoms with Crippen LogP contribution in [-0.4, -0.2) is 9.78 Å². The van der Waals surface area contributed by atoms with Crippen LogP contribution in [0.15, 0.2) is 12.4 Å². The molecular formula is C4H6N3NaO2S. The van der Waals surface area contributed by atoms with Crippen molar-refractivity contribution >= 4 is 16.6 Å². The Balaban J connectivity index is 0.000001000. The Morgan fingerprint density at radius 2 is 2.27 bits per heavy atom. The van der Waals surface area contributed by atoms with Crippen LogP contribution < -0.4 is 34.3 Å². The molecular weight excluding hydrogens is 177 g/mol. The first-order valence-corrected chi connectivity index (χ1v) is 3.60. The number of aromatic nitrogens is 2. The largest absolute Gasteiger partial charge is 1.00 e. The molecule has 0 atom stereocenters. The van der Waals surface area contributed by atoms with Gasteiger partial charge in [0.15, 0.2) is 0 Å². The van der Waals surface area contributed by atoms with Gasteiger partial charge in [0.25, 0.3) is 0 Å². The molecule has 0 aromatic carbocycles. The zero-order valence-corrected chi connectivity index (χ0v) is 9.09. The molecule has 0 aliphatic carbocycles. The fourth-order valence-corrected chi connectivity index (χ4v) is 0.868. The molecule has 0 fully saturated rings. The van der Waals surface area contributed by atoms with Gasteiger partial charge in [-0.25, -0.2) is 0 Å². The Hall–Kier alpha value is -0.0400. The monoisotopic (exact) mass is 183 g/mol. The molecule has 0 saturated heterocycles. The number of aryl methyl sites for hydroxylation is 1. The fraction of sp³-hybridized carbons (Fsp3) is 0.250. The average molecular weight is 183 g/mol. The molecule has 1 rings (SSSR count). The van der Waals surface area contributed by atoms with E-state index in [1.54, 1.807) is 13.2 Å². The number of anilines is 1. The first kappa shape index (κ1) is 11.0. The first-order valence-electron chi connectivity index (χ1n) is 2.53. The summed E-state index contributed by atoms with van der Waals surface area (Å²) in [7, 11) is -0.549. The number of hydrogen-bond acceptors (Lipinski definition) is 4. The minimum atomic E-state index is -2.26. The van der Waals surface area contributed by atoms with Gasteiger partial charge < -0.3 is 13.1 Å². The van der Waals surface area contributed by atoms with Crippen LogP contribution >= 0.6 is 0 Å². The Kier molecular flexibility index (Phi) is 4.74. The second kappa shape index (κ2) is 4.76. The fourth-order valence-electron chi connectivity index (χ4n) is 0.570. The molecule has 1 aromatic rings. The van der Waals surface area contributed by atoms with Crippen LogP contribution in [-0.2, 0) is 26.4 Å². The van der Waals surface area contributed by atoms with Crippen LogP contribution in [0.5, 0.6) is 0 Å². The molecule has 56 valence electrons. The van der Waals surface area contributed by atoms with Crippen LogP contribution in [0.1, 0.15) is 0 Å². The van der Waals surface area contributed by atoms with Gasteiger partial charge >= 0.3 is 29.6 Å². The van der Waals surface area contributed by atoms with Gasteiger partial charge in [0.1, 0.15) is 0 Å². The Labute approximate surface area is 88.2 Å². The van der Waals surface area contributed by atoms with Gasteiger partial charge in [-0.3, -0.25) is 4.68 Å². The average Bonchev–Trinajstić information content (AvgIpc) is 2.13. The van der Waals surface area contributed by atoms with Gasteiger partial charge in [-0.1, -0.05) is 0 Å². The Morgan fingerprint density at radius 1 is 1.64 bits per heavy atom. The molecule has 0 bridgehead atoms. The molecule has 1 heterocycles. The summed E-state index contributed by atoms with van der Waals surface area (Å²) in [5, 5.41) is 3.75. The van der Waals surface area contributed by atoms with Gasteiger partial charge in [0.05, 0.1) is 11.9 Å². The van der Waals surface area contributed by atoms with Crippen LogP contribution in [0.25, 0.3) is 0 Å². The topological polar surface area (TPSA) is 64.0 Å². The van der Waals surface area contributed by atoms with E-state index < -0.39 is 10.9 Å². The standard InChI is InChI=1S/C4H6N3O2S.Na/c1-7-3-4(2-5-7)6-10(8)9;/h2-3H,1H3,(H,6,8,9);/q-1;+1. The van der Waals surface area contributed by atoms with Crippen LogP contribution in [0.2, 0.25) is 0 Å². The van der Waals surface area contributed by atoms with Crippen molar-refractivity contribution in [3.63, 3.8) is 0 Å². The predicted octanol–water partition coefficient (Wildman–Crippen LogP) is -2.94. The zero-order chi connectivity index (χ0) is 7.56. The van der Waals surface area contributed by atoms with Crippen molar-refractivity contribution in [3.05, 3.63) is 12.4 Å². The van der Waals surface area contributed by atoms with Crippen molar-refractivity contribution in [3.8, 4) is 0 Å². The Bertz CT molecular complexity index is 287. The number of rotatable bonds is 2. The molecule has 0 amide bonds. The smallest absolute Gasteiger partial charge is 0.417 e. The van der Waals surface area contributed by atoms with Crippen LogP contribution in [0.4, 0.5) is 5.69 Å². The van der Waals surface area contributed by atoms with Gasteiger partial charge in [0.2, 0.25) is 0 Å². The van der Waals surface area contributed by atoms with E-state index in [1.807, 2.05) is 0 Å². The summed E-state index contributed by atoms with van der Waals surface area (Å²) in [5.41, 5.74) is 0.468. The second-order valence-electron chi connectivity index (χ2n) is 1.74. The van der Waals surface area contributed by atoms with Crippen molar-refractivity contribution in [2.24, 2.45) is 7.05 Å². The summed E-state index contributed by atoms with van der Waals surface area (Å²) in [6.45, 7) is 0. The van der Waals surface area contributed by atoms with Gasteiger partial charge in [0, 0.05) is 24.1 Å². The molecule has 0 radical (unpaired) electrons. The molecule has 0 aliphatic heterocycles. The minimum Gasteiger partial charge on any atom is -0.417 e. The quantitative estimate of drug-likeness (QED) is 0.394. The minimum absolute atomic E-state index is 0. The zero-order valence-electron chi connectivity index (χ0n) is 6.27. The molecule has 11 heavy (non-hydrogen) atoms. The normalized spacial score (nSPS) is 9.27. The van der Waals surface area contributed by atoms with E-state index in [9.17, 15) is 8.42 Å². The van der Waals surface area contributed by atoms with E-state index in [0.29, 0.717) is 5.69 Å². The van der Waals surface area contributed by atoms with E-state index >= 15 is 0 Å². The molecule has 5 nitrogen and oxygen atoms in total. The maximum Gasteiger partial charge on any atom is 1.00 e. The summed E-state index contributed by atoms with van der Waals surface area (Å²) in [5.74, 6) is 0.